The zero-order chi connectivity index (χ0) is 17.1. The van der Waals surface area contributed by atoms with Crippen molar-refractivity contribution >= 4 is 21.5 Å². The number of halogens is 1. The molecule has 2 aromatic carbocycles. The molecule has 1 aromatic heterocycles. The molecule has 2 nitrogen and oxygen atoms in total. The highest BCUT2D eigenvalue weighted by Gasteiger charge is 2.13. The fraction of sp³-hybridized carbons (Fsp3) is 0.0909. The van der Waals surface area contributed by atoms with Crippen molar-refractivity contribution in [3.05, 3.63) is 90.7 Å². The van der Waals surface area contributed by atoms with E-state index in [0.717, 1.165) is 40.3 Å². The van der Waals surface area contributed by atoms with E-state index in [1.165, 1.54) is 0 Å². The highest BCUT2D eigenvalue weighted by molar-refractivity contribution is 9.09. The van der Waals surface area contributed by atoms with E-state index in [9.17, 15) is 0 Å². The molecular weight excluding hydrogens is 372 g/mol. The molecule has 1 heterocycles. The van der Waals surface area contributed by atoms with Gasteiger partial charge in [0.05, 0.1) is 11.4 Å². The predicted molar refractivity (Wildman–Crippen MR) is 107 cm³/mol. The third-order valence-corrected chi connectivity index (χ3v) is 4.78. The number of allylic oxidation sites excluding steroid dienone is 4. The highest BCUT2D eigenvalue weighted by Crippen LogP contribution is 2.28. The van der Waals surface area contributed by atoms with Crippen LogP contribution in [0.15, 0.2) is 85.0 Å². The lowest BCUT2D eigenvalue weighted by Crippen LogP contribution is -2.02. The lowest BCUT2D eigenvalue weighted by molar-refractivity contribution is 1.07. The molecule has 0 saturated carbocycles. The standard InChI is InChI=1S/C22H17BrN2/c23-19-13-7-12-18(14-19)21-15-20(16-8-3-1-4-9-16)24-22(25-21)17-10-5-2-6-11-17/h1-12,14-15,19H,13H2. The Labute approximate surface area is 156 Å². The molecule has 4 rings (SSSR count). The van der Waals surface area contributed by atoms with Gasteiger partial charge in [0, 0.05) is 16.0 Å². The molecule has 0 amide bonds. The van der Waals surface area contributed by atoms with Gasteiger partial charge in [-0.15, -0.1) is 0 Å². The first-order valence-corrected chi connectivity index (χ1v) is 9.24. The molecular formula is C22H17BrN2. The maximum atomic E-state index is 4.84. The molecule has 0 saturated heterocycles. The van der Waals surface area contributed by atoms with Crippen LogP contribution >= 0.6 is 15.9 Å². The van der Waals surface area contributed by atoms with Crippen LogP contribution in [0.1, 0.15) is 12.1 Å². The van der Waals surface area contributed by atoms with Gasteiger partial charge >= 0.3 is 0 Å². The summed E-state index contributed by atoms with van der Waals surface area (Å²) >= 11 is 3.68. The average molecular weight is 389 g/mol. The molecule has 3 aromatic rings. The smallest absolute Gasteiger partial charge is 0.160 e. The Hall–Kier alpha value is -2.52. The van der Waals surface area contributed by atoms with Crippen LogP contribution in [0.25, 0.3) is 28.2 Å². The Kier molecular flexibility index (Phi) is 4.57. The van der Waals surface area contributed by atoms with Gasteiger partial charge in [0.1, 0.15) is 0 Å². The molecule has 1 unspecified atom stereocenters. The van der Waals surface area contributed by atoms with Crippen molar-refractivity contribution in [2.24, 2.45) is 0 Å². The van der Waals surface area contributed by atoms with Gasteiger partial charge in [-0.2, -0.15) is 0 Å². The van der Waals surface area contributed by atoms with E-state index in [-0.39, 0.29) is 0 Å². The molecule has 0 bridgehead atoms. The second kappa shape index (κ2) is 7.16. The zero-order valence-corrected chi connectivity index (χ0v) is 15.2. The number of rotatable bonds is 3. The fourth-order valence-corrected chi connectivity index (χ4v) is 3.38. The van der Waals surface area contributed by atoms with Crippen molar-refractivity contribution in [2.45, 2.75) is 11.2 Å². The molecule has 0 radical (unpaired) electrons. The van der Waals surface area contributed by atoms with E-state index in [2.05, 4.69) is 52.4 Å². The maximum absolute atomic E-state index is 4.84. The summed E-state index contributed by atoms with van der Waals surface area (Å²) in [5.74, 6) is 0.753. The topological polar surface area (TPSA) is 25.8 Å². The van der Waals surface area contributed by atoms with Crippen LogP contribution < -0.4 is 0 Å². The zero-order valence-electron chi connectivity index (χ0n) is 13.6. The van der Waals surface area contributed by atoms with Crippen molar-refractivity contribution < 1.29 is 0 Å². The van der Waals surface area contributed by atoms with E-state index < -0.39 is 0 Å². The van der Waals surface area contributed by atoms with Crippen LogP contribution in [0.2, 0.25) is 0 Å². The molecule has 0 N–H and O–H groups in total. The molecule has 0 fully saturated rings. The Morgan fingerprint density at radius 1 is 0.800 bits per heavy atom. The predicted octanol–water partition coefficient (Wildman–Crippen LogP) is 5.92. The van der Waals surface area contributed by atoms with Crippen LogP contribution in [-0.4, -0.2) is 14.8 Å². The number of nitrogens with zero attached hydrogens (tertiary/aromatic N) is 2. The van der Waals surface area contributed by atoms with E-state index in [4.69, 9.17) is 9.97 Å². The fourth-order valence-electron chi connectivity index (χ4n) is 2.88. The first-order chi connectivity index (χ1) is 12.3. The molecule has 0 spiro atoms. The molecule has 3 heteroatoms. The highest BCUT2D eigenvalue weighted by atomic mass is 79.9. The number of benzene rings is 2. The summed E-state index contributed by atoms with van der Waals surface area (Å²) < 4.78 is 0. The SMILES string of the molecule is BrC1C=C(c2cc(-c3ccccc3)nc(-c3ccccc3)n2)C=CC1. The van der Waals surface area contributed by atoms with Gasteiger partial charge in [-0.25, -0.2) is 9.97 Å². The van der Waals surface area contributed by atoms with Gasteiger partial charge in [-0.3, -0.25) is 0 Å². The van der Waals surface area contributed by atoms with Crippen molar-refractivity contribution in [3.63, 3.8) is 0 Å². The van der Waals surface area contributed by atoms with Gasteiger partial charge in [-0.05, 0) is 18.1 Å². The second-order valence-corrected chi connectivity index (χ2v) is 7.15. The molecule has 0 aliphatic heterocycles. The summed E-state index contributed by atoms with van der Waals surface area (Å²) in [6, 6.07) is 22.5. The Balaban J connectivity index is 1.88. The minimum atomic E-state index is 0.350. The Morgan fingerprint density at radius 2 is 1.44 bits per heavy atom. The third kappa shape index (κ3) is 3.62. The van der Waals surface area contributed by atoms with E-state index in [0.29, 0.717) is 4.83 Å². The summed E-state index contributed by atoms with van der Waals surface area (Å²) in [5, 5.41) is 0. The maximum Gasteiger partial charge on any atom is 0.160 e. The van der Waals surface area contributed by atoms with Crippen molar-refractivity contribution in [1.82, 2.24) is 9.97 Å². The average Bonchev–Trinajstić information content (AvgIpc) is 2.69. The Morgan fingerprint density at radius 3 is 2.12 bits per heavy atom. The molecule has 122 valence electrons. The number of hydrogen-bond donors (Lipinski definition) is 0. The van der Waals surface area contributed by atoms with Gasteiger partial charge in [0.2, 0.25) is 0 Å². The summed E-state index contributed by atoms with van der Waals surface area (Å²) in [6.07, 6.45) is 7.54. The van der Waals surface area contributed by atoms with E-state index in [1.807, 2.05) is 48.5 Å². The summed E-state index contributed by atoms with van der Waals surface area (Å²) in [7, 11) is 0. The summed E-state index contributed by atoms with van der Waals surface area (Å²) in [5.41, 5.74) is 5.14. The van der Waals surface area contributed by atoms with E-state index >= 15 is 0 Å². The normalized spacial score (nSPS) is 16.5. The summed E-state index contributed by atoms with van der Waals surface area (Å²) in [4.78, 5) is 10.00. The third-order valence-electron chi connectivity index (χ3n) is 4.14. The van der Waals surface area contributed by atoms with Crippen molar-refractivity contribution in [2.75, 3.05) is 0 Å². The lowest BCUT2D eigenvalue weighted by Gasteiger charge is -2.13. The van der Waals surface area contributed by atoms with Gasteiger partial charge < -0.3 is 0 Å². The number of alkyl halides is 1. The molecule has 1 atom stereocenters. The van der Waals surface area contributed by atoms with Gasteiger partial charge in [-0.1, -0.05) is 94.8 Å². The monoisotopic (exact) mass is 388 g/mol. The lowest BCUT2D eigenvalue weighted by atomic mass is 10.0. The molecule has 25 heavy (non-hydrogen) atoms. The first-order valence-electron chi connectivity index (χ1n) is 8.32. The van der Waals surface area contributed by atoms with Crippen LogP contribution in [-0.2, 0) is 0 Å². The van der Waals surface area contributed by atoms with Gasteiger partial charge in [0.15, 0.2) is 5.82 Å². The summed E-state index contributed by atoms with van der Waals surface area (Å²) in [6.45, 7) is 0. The molecule has 1 aliphatic carbocycles. The molecule has 1 aliphatic rings. The van der Waals surface area contributed by atoms with Crippen LogP contribution in [0.4, 0.5) is 0 Å². The number of aromatic nitrogens is 2. The van der Waals surface area contributed by atoms with E-state index in [1.54, 1.807) is 0 Å². The van der Waals surface area contributed by atoms with Crippen LogP contribution in [0.5, 0.6) is 0 Å². The van der Waals surface area contributed by atoms with Crippen LogP contribution in [0, 0.1) is 0 Å². The number of hydrogen-bond acceptors (Lipinski definition) is 2. The first kappa shape index (κ1) is 16.0. The Bertz CT molecular complexity index is 873. The van der Waals surface area contributed by atoms with Crippen molar-refractivity contribution in [1.29, 1.82) is 0 Å². The quantitative estimate of drug-likeness (QED) is 0.520. The van der Waals surface area contributed by atoms with Crippen molar-refractivity contribution in [3.8, 4) is 22.6 Å². The minimum absolute atomic E-state index is 0.350. The van der Waals surface area contributed by atoms with Gasteiger partial charge in [0.25, 0.3) is 0 Å². The largest absolute Gasteiger partial charge is 0.228 e. The van der Waals surface area contributed by atoms with Crippen LogP contribution in [0.3, 0.4) is 0 Å². The second-order valence-electron chi connectivity index (χ2n) is 5.97. The minimum Gasteiger partial charge on any atom is -0.228 e.